The number of halogens is 1. The first-order chi connectivity index (χ1) is 15.6. The summed E-state index contributed by atoms with van der Waals surface area (Å²) in [6.07, 6.45) is 4.73. The quantitative estimate of drug-likeness (QED) is 0.473. The smallest absolute Gasteiger partial charge is 0.285 e. The monoisotopic (exact) mass is 430 g/mol. The summed E-state index contributed by atoms with van der Waals surface area (Å²) in [6, 6.07) is 10.2. The largest absolute Gasteiger partial charge is 0.344 e. The van der Waals surface area contributed by atoms with E-state index in [-0.39, 0.29) is 11.6 Å². The number of nitrogens with zero attached hydrogens (tertiary/aromatic N) is 7. The highest BCUT2D eigenvalue weighted by molar-refractivity contribution is 5.83. The summed E-state index contributed by atoms with van der Waals surface area (Å²) in [4.78, 5) is 32.1. The van der Waals surface area contributed by atoms with Crippen LogP contribution in [0.4, 0.5) is 10.2 Å². The van der Waals surface area contributed by atoms with Gasteiger partial charge in [0.25, 0.3) is 5.56 Å². The van der Waals surface area contributed by atoms with Gasteiger partial charge in [-0.1, -0.05) is 18.2 Å². The van der Waals surface area contributed by atoms with Crippen LogP contribution in [-0.2, 0) is 0 Å². The molecule has 5 heterocycles. The van der Waals surface area contributed by atoms with Gasteiger partial charge in [-0.25, -0.2) is 23.9 Å². The molecule has 1 aliphatic rings. The first kappa shape index (κ1) is 18.7. The van der Waals surface area contributed by atoms with E-state index in [1.165, 1.54) is 21.3 Å². The van der Waals surface area contributed by atoms with Gasteiger partial charge in [0.2, 0.25) is 0 Å². The number of hydrogen-bond acceptors (Lipinski definition) is 6. The van der Waals surface area contributed by atoms with Crippen LogP contribution < -0.4 is 10.5 Å². The standard InChI is InChI=1S/C22H19FN8O/c1-13-26-19-17(24-12-25-19)21(27-13)29-10-5-8-16(29)20-28-30-11-9-15(23)18(30)22(32)31(20)14-6-3-2-4-7-14/h2-4,6-7,9,11-12,16H,5,8,10H2,1H3,(H,24,25,26,27)/t16-/m0/s1. The number of aryl methyl sites for hydroxylation is 1. The maximum atomic E-state index is 14.4. The second-order valence-electron chi connectivity index (χ2n) is 7.84. The number of H-pyrrole nitrogens is 1. The number of fused-ring (bicyclic) bond motifs is 2. The van der Waals surface area contributed by atoms with E-state index in [4.69, 9.17) is 5.10 Å². The minimum Gasteiger partial charge on any atom is -0.344 e. The number of rotatable bonds is 3. The first-order valence-electron chi connectivity index (χ1n) is 10.4. The molecule has 0 bridgehead atoms. The molecule has 10 heteroatoms. The van der Waals surface area contributed by atoms with Gasteiger partial charge in [0, 0.05) is 12.7 Å². The second-order valence-corrected chi connectivity index (χ2v) is 7.84. The molecule has 0 radical (unpaired) electrons. The number of anilines is 1. The number of imidazole rings is 1. The predicted octanol–water partition coefficient (Wildman–Crippen LogP) is 2.94. The molecule has 0 spiro atoms. The number of benzene rings is 1. The third-order valence-electron chi connectivity index (χ3n) is 5.87. The zero-order valence-corrected chi connectivity index (χ0v) is 17.2. The lowest BCUT2D eigenvalue weighted by molar-refractivity contribution is 0.593. The molecule has 5 aromatic rings. The van der Waals surface area contributed by atoms with Crippen LogP contribution >= 0.6 is 0 Å². The van der Waals surface area contributed by atoms with Crippen molar-refractivity contribution in [2.24, 2.45) is 0 Å². The second kappa shape index (κ2) is 6.98. The Morgan fingerprint density at radius 1 is 1.16 bits per heavy atom. The fraction of sp³-hybridized carbons (Fsp3) is 0.227. The van der Waals surface area contributed by atoms with Gasteiger partial charge in [0.1, 0.15) is 11.3 Å². The molecule has 1 aromatic carbocycles. The molecule has 1 aliphatic heterocycles. The van der Waals surface area contributed by atoms with Crippen molar-refractivity contribution in [1.82, 2.24) is 34.1 Å². The number of aromatic nitrogens is 7. The molecule has 9 nitrogen and oxygen atoms in total. The minimum atomic E-state index is -0.591. The molecule has 1 atom stereocenters. The summed E-state index contributed by atoms with van der Waals surface area (Å²) in [6.45, 7) is 2.56. The van der Waals surface area contributed by atoms with Crippen molar-refractivity contribution in [2.75, 3.05) is 11.4 Å². The van der Waals surface area contributed by atoms with Crippen LogP contribution in [0.3, 0.4) is 0 Å². The molecule has 0 unspecified atom stereocenters. The van der Waals surface area contributed by atoms with Crippen LogP contribution in [0.15, 0.2) is 53.7 Å². The molecule has 1 N–H and O–H groups in total. The van der Waals surface area contributed by atoms with E-state index in [9.17, 15) is 9.18 Å². The molecule has 0 saturated carbocycles. The third-order valence-corrected chi connectivity index (χ3v) is 5.87. The van der Waals surface area contributed by atoms with Crippen LogP contribution in [0.2, 0.25) is 0 Å². The average molecular weight is 430 g/mol. The number of para-hydroxylation sites is 1. The topological polar surface area (TPSA) is 97.0 Å². The van der Waals surface area contributed by atoms with Crippen LogP contribution in [0, 0.1) is 12.7 Å². The number of nitrogens with one attached hydrogen (secondary N) is 1. The van der Waals surface area contributed by atoms with Crippen molar-refractivity contribution in [3.63, 3.8) is 0 Å². The lowest BCUT2D eigenvalue weighted by Gasteiger charge is -2.27. The Balaban J connectivity index is 1.60. The molecule has 32 heavy (non-hydrogen) atoms. The van der Waals surface area contributed by atoms with Gasteiger partial charge in [0.05, 0.1) is 18.1 Å². The summed E-state index contributed by atoms with van der Waals surface area (Å²) < 4.78 is 17.3. The fourth-order valence-electron chi connectivity index (χ4n) is 4.51. The highest BCUT2D eigenvalue weighted by atomic mass is 19.1. The van der Waals surface area contributed by atoms with Gasteiger partial charge >= 0.3 is 0 Å². The van der Waals surface area contributed by atoms with Crippen molar-refractivity contribution >= 4 is 22.5 Å². The van der Waals surface area contributed by atoms with E-state index in [1.54, 1.807) is 6.33 Å². The Morgan fingerprint density at radius 3 is 2.84 bits per heavy atom. The van der Waals surface area contributed by atoms with E-state index >= 15 is 0 Å². The molecule has 1 saturated heterocycles. The average Bonchev–Trinajstić information content (AvgIpc) is 3.53. The van der Waals surface area contributed by atoms with Crippen molar-refractivity contribution in [3.05, 3.63) is 76.7 Å². The van der Waals surface area contributed by atoms with Gasteiger partial charge < -0.3 is 9.88 Å². The zero-order valence-electron chi connectivity index (χ0n) is 17.2. The van der Waals surface area contributed by atoms with E-state index in [0.717, 1.165) is 19.4 Å². The van der Waals surface area contributed by atoms with Crippen molar-refractivity contribution in [2.45, 2.75) is 25.8 Å². The van der Waals surface area contributed by atoms with Crippen LogP contribution in [0.5, 0.6) is 0 Å². The molecular formula is C22H19FN8O. The van der Waals surface area contributed by atoms with Gasteiger partial charge in [-0.3, -0.25) is 9.36 Å². The molecule has 160 valence electrons. The van der Waals surface area contributed by atoms with Crippen LogP contribution in [-0.4, -0.2) is 40.7 Å². The van der Waals surface area contributed by atoms with Crippen molar-refractivity contribution in [1.29, 1.82) is 0 Å². The third kappa shape index (κ3) is 2.72. The summed E-state index contributed by atoms with van der Waals surface area (Å²) in [5.41, 5.74) is 1.45. The molecule has 4 aromatic heterocycles. The van der Waals surface area contributed by atoms with E-state index < -0.39 is 11.4 Å². The Kier molecular flexibility index (Phi) is 4.07. The Morgan fingerprint density at radius 2 is 2.00 bits per heavy atom. The van der Waals surface area contributed by atoms with E-state index in [2.05, 4.69) is 24.8 Å². The summed E-state index contributed by atoms with van der Waals surface area (Å²) in [5, 5.41) is 4.71. The van der Waals surface area contributed by atoms with Gasteiger partial charge in [-0.05, 0) is 38.0 Å². The minimum absolute atomic E-state index is 0.0743. The lowest BCUT2D eigenvalue weighted by atomic mass is 10.2. The van der Waals surface area contributed by atoms with Crippen molar-refractivity contribution in [3.8, 4) is 5.69 Å². The SMILES string of the molecule is Cc1nc(N2CCC[C@H]2c2nn3ccc(F)c3c(=O)n2-c2ccccc2)c2nc[nH]c2n1. The predicted molar refractivity (Wildman–Crippen MR) is 116 cm³/mol. The van der Waals surface area contributed by atoms with E-state index in [0.29, 0.717) is 34.3 Å². The normalized spacial score (nSPS) is 16.4. The Labute approximate surface area is 181 Å². The Hall–Kier alpha value is -4.08. The number of aromatic amines is 1. The van der Waals surface area contributed by atoms with Crippen LogP contribution in [0.25, 0.3) is 22.4 Å². The highest BCUT2D eigenvalue weighted by Crippen LogP contribution is 2.37. The summed E-state index contributed by atoms with van der Waals surface area (Å²) in [7, 11) is 0. The maximum absolute atomic E-state index is 14.4. The van der Waals surface area contributed by atoms with Crippen LogP contribution in [0.1, 0.15) is 30.5 Å². The van der Waals surface area contributed by atoms with Gasteiger partial charge in [-0.15, -0.1) is 0 Å². The molecule has 6 rings (SSSR count). The highest BCUT2D eigenvalue weighted by Gasteiger charge is 2.34. The molecule has 0 aliphatic carbocycles. The summed E-state index contributed by atoms with van der Waals surface area (Å²) in [5.74, 6) is 1.26. The van der Waals surface area contributed by atoms with Gasteiger partial charge in [-0.2, -0.15) is 5.10 Å². The lowest BCUT2D eigenvalue weighted by Crippen LogP contribution is -2.33. The zero-order chi connectivity index (χ0) is 21.8. The molecule has 0 amide bonds. The van der Waals surface area contributed by atoms with Gasteiger partial charge in [0.15, 0.2) is 28.6 Å². The molecular weight excluding hydrogens is 411 g/mol. The maximum Gasteiger partial charge on any atom is 0.285 e. The first-order valence-corrected chi connectivity index (χ1v) is 10.4. The molecule has 1 fully saturated rings. The van der Waals surface area contributed by atoms with Crippen molar-refractivity contribution < 1.29 is 4.39 Å². The fourth-order valence-corrected chi connectivity index (χ4v) is 4.51. The summed E-state index contributed by atoms with van der Waals surface area (Å²) >= 11 is 0. The van der Waals surface area contributed by atoms with E-state index in [1.807, 2.05) is 37.3 Å². The number of hydrogen-bond donors (Lipinski definition) is 1. The Bertz CT molecular complexity index is 1520.